The smallest absolute Gasteiger partial charge is 0.313 e. The summed E-state index contributed by atoms with van der Waals surface area (Å²) in [6.45, 7) is 0. The predicted octanol–water partition coefficient (Wildman–Crippen LogP) is 0.299. The molecule has 0 aliphatic heterocycles. The van der Waals surface area contributed by atoms with Gasteiger partial charge in [0.2, 0.25) is 0 Å². The first-order valence-electron chi connectivity index (χ1n) is 4.06. The molecule has 0 radical (unpaired) electrons. The van der Waals surface area contributed by atoms with Gasteiger partial charge in [-0.3, -0.25) is 9.78 Å². The van der Waals surface area contributed by atoms with Gasteiger partial charge in [0.1, 0.15) is 0 Å². The minimum absolute atomic E-state index is 0.147. The SMILES string of the molecule is Nc1nnc(C(=O)Nc2cccnc2)o1. The normalized spacial score (nSPS) is 9.87. The van der Waals surface area contributed by atoms with Crippen LogP contribution in [0.4, 0.5) is 11.7 Å². The van der Waals surface area contributed by atoms with Crippen molar-refractivity contribution in [1.82, 2.24) is 15.2 Å². The molecule has 0 bridgehead atoms. The molecular formula is C8H7N5O2. The van der Waals surface area contributed by atoms with Crippen molar-refractivity contribution >= 4 is 17.6 Å². The summed E-state index contributed by atoms with van der Waals surface area (Å²) in [6, 6.07) is 3.23. The monoisotopic (exact) mass is 205 g/mol. The molecule has 7 heteroatoms. The molecule has 0 unspecified atom stereocenters. The van der Waals surface area contributed by atoms with Gasteiger partial charge in [0.05, 0.1) is 11.9 Å². The molecule has 76 valence electrons. The second-order valence-corrected chi connectivity index (χ2v) is 2.64. The van der Waals surface area contributed by atoms with Crippen LogP contribution in [-0.2, 0) is 0 Å². The highest BCUT2D eigenvalue weighted by Gasteiger charge is 2.13. The van der Waals surface area contributed by atoms with E-state index in [0.29, 0.717) is 5.69 Å². The summed E-state index contributed by atoms with van der Waals surface area (Å²) in [7, 11) is 0. The molecule has 1 amide bonds. The van der Waals surface area contributed by atoms with E-state index in [1.807, 2.05) is 0 Å². The van der Waals surface area contributed by atoms with Crippen molar-refractivity contribution < 1.29 is 9.21 Å². The molecule has 0 saturated heterocycles. The number of nitrogen functional groups attached to an aromatic ring is 1. The van der Waals surface area contributed by atoms with Crippen molar-refractivity contribution in [3.8, 4) is 0 Å². The average molecular weight is 205 g/mol. The highest BCUT2D eigenvalue weighted by Crippen LogP contribution is 2.06. The lowest BCUT2D eigenvalue weighted by Crippen LogP contribution is -2.12. The van der Waals surface area contributed by atoms with E-state index in [9.17, 15) is 4.79 Å². The molecule has 15 heavy (non-hydrogen) atoms. The fourth-order valence-corrected chi connectivity index (χ4v) is 0.948. The molecule has 3 N–H and O–H groups in total. The highest BCUT2D eigenvalue weighted by atomic mass is 16.4. The molecule has 2 heterocycles. The summed E-state index contributed by atoms with van der Waals surface area (Å²) in [4.78, 5) is 15.3. The lowest BCUT2D eigenvalue weighted by atomic mass is 10.4. The Hall–Kier alpha value is -2.44. The van der Waals surface area contributed by atoms with Crippen molar-refractivity contribution in [3.05, 3.63) is 30.4 Å². The second kappa shape index (κ2) is 3.74. The van der Waals surface area contributed by atoms with Crippen LogP contribution in [0, 0.1) is 0 Å². The first kappa shape index (κ1) is 9.13. The molecule has 7 nitrogen and oxygen atoms in total. The zero-order valence-electron chi connectivity index (χ0n) is 7.54. The topological polar surface area (TPSA) is 107 Å². The quantitative estimate of drug-likeness (QED) is 0.730. The maximum Gasteiger partial charge on any atom is 0.313 e. The van der Waals surface area contributed by atoms with Crippen LogP contribution in [0.15, 0.2) is 28.9 Å². The number of carbonyl (C=O) groups excluding carboxylic acids is 1. The number of carbonyl (C=O) groups is 1. The van der Waals surface area contributed by atoms with Crippen molar-refractivity contribution in [2.75, 3.05) is 11.1 Å². The van der Waals surface area contributed by atoms with Gasteiger partial charge in [0.15, 0.2) is 0 Å². The molecule has 2 aromatic rings. The largest absolute Gasteiger partial charge is 0.399 e. The van der Waals surface area contributed by atoms with Gasteiger partial charge in [-0.2, -0.15) is 0 Å². The van der Waals surface area contributed by atoms with Gasteiger partial charge >= 0.3 is 17.8 Å². The number of rotatable bonds is 2. The third-order valence-corrected chi connectivity index (χ3v) is 1.55. The van der Waals surface area contributed by atoms with Crippen LogP contribution < -0.4 is 11.1 Å². The molecule has 0 fully saturated rings. The first-order valence-corrected chi connectivity index (χ1v) is 4.06. The van der Waals surface area contributed by atoms with Crippen molar-refractivity contribution in [1.29, 1.82) is 0 Å². The minimum Gasteiger partial charge on any atom is -0.399 e. The molecule has 2 aromatic heterocycles. The van der Waals surface area contributed by atoms with E-state index in [1.165, 1.54) is 6.20 Å². The molecule has 0 aliphatic rings. The Kier molecular flexibility index (Phi) is 2.28. The number of nitrogens with zero attached hydrogens (tertiary/aromatic N) is 3. The summed E-state index contributed by atoms with van der Waals surface area (Å²) >= 11 is 0. The highest BCUT2D eigenvalue weighted by molar-refractivity contribution is 6.00. The Bertz CT molecular complexity index is 467. The lowest BCUT2D eigenvalue weighted by Gasteiger charge is -1.99. The van der Waals surface area contributed by atoms with E-state index in [4.69, 9.17) is 10.2 Å². The summed E-state index contributed by atoms with van der Waals surface area (Å²) in [5, 5.41) is 9.32. The van der Waals surface area contributed by atoms with Gasteiger partial charge < -0.3 is 15.5 Å². The van der Waals surface area contributed by atoms with E-state index in [-0.39, 0.29) is 11.9 Å². The molecule has 0 atom stereocenters. The van der Waals surface area contributed by atoms with E-state index in [2.05, 4.69) is 20.5 Å². The van der Waals surface area contributed by atoms with Gasteiger partial charge in [-0.15, -0.1) is 5.10 Å². The molecular weight excluding hydrogens is 198 g/mol. The molecule has 0 aromatic carbocycles. The zero-order valence-corrected chi connectivity index (χ0v) is 7.54. The van der Waals surface area contributed by atoms with E-state index in [1.54, 1.807) is 18.3 Å². The van der Waals surface area contributed by atoms with Crippen molar-refractivity contribution in [2.45, 2.75) is 0 Å². The Morgan fingerprint density at radius 1 is 1.47 bits per heavy atom. The van der Waals surface area contributed by atoms with Crippen LogP contribution in [0.5, 0.6) is 0 Å². The lowest BCUT2D eigenvalue weighted by molar-refractivity contribution is 0.0991. The number of nitrogens with one attached hydrogen (secondary N) is 1. The molecule has 0 aliphatic carbocycles. The van der Waals surface area contributed by atoms with Crippen LogP contribution in [0.2, 0.25) is 0 Å². The minimum atomic E-state index is -0.521. The van der Waals surface area contributed by atoms with Gasteiger partial charge in [0, 0.05) is 6.20 Å². The number of hydrogen-bond acceptors (Lipinski definition) is 6. The van der Waals surface area contributed by atoms with Crippen molar-refractivity contribution in [3.63, 3.8) is 0 Å². The fourth-order valence-electron chi connectivity index (χ4n) is 0.948. The van der Waals surface area contributed by atoms with Crippen LogP contribution in [0.25, 0.3) is 0 Å². The zero-order chi connectivity index (χ0) is 10.7. The van der Waals surface area contributed by atoms with Gasteiger partial charge in [-0.05, 0) is 12.1 Å². The first-order chi connectivity index (χ1) is 7.25. The Morgan fingerprint density at radius 3 is 2.93 bits per heavy atom. The Balaban J connectivity index is 2.11. The fraction of sp³-hybridized carbons (Fsp3) is 0. The van der Waals surface area contributed by atoms with Gasteiger partial charge in [0.25, 0.3) is 0 Å². The Labute approximate surface area is 84.3 Å². The maximum atomic E-state index is 11.4. The van der Waals surface area contributed by atoms with Crippen LogP contribution in [0.1, 0.15) is 10.7 Å². The molecule has 2 rings (SSSR count). The summed E-state index contributed by atoms with van der Waals surface area (Å²) < 4.78 is 4.74. The average Bonchev–Trinajstić information content (AvgIpc) is 2.66. The third kappa shape index (κ3) is 2.08. The molecule has 0 spiro atoms. The maximum absolute atomic E-state index is 11.4. The number of pyridine rings is 1. The second-order valence-electron chi connectivity index (χ2n) is 2.64. The van der Waals surface area contributed by atoms with Gasteiger partial charge in [-0.1, -0.05) is 5.10 Å². The predicted molar refractivity (Wildman–Crippen MR) is 50.9 cm³/mol. The van der Waals surface area contributed by atoms with E-state index >= 15 is 0 Å². The van der Waals surface area contributed by atoms with E-state index in [0.717, 1.165) is 0 Å². The number of amides is 1. The summed E-state index contributed by atoms with van der Waals surface area (Å²) in [5.41, 5.74) is 5.72. The summed E-state index contributed by atoms with van der Waals surface area (Å²) in [6.07, 6.45) is 3.10. The van der Waals surface area contributed by atoms with Gasteiger partial charge in [-0.25, -0.2) is 0 Å². The van der Waals surface area contributed by atoms with Crippen LogP contribution in [0.3, 0.4) is 0 Å². The summed E-state index contributed by atoms with van der Waals surface area (Å²) in [5.74, 6) is -0.705. The number of aromatic nitrogens is 3. The third-order valence-electron chi connectivity index (χ3n) is 1.55. The standard InChI is InChI=1S/C8H7N5O2/c9-8-13-12-7(15-8)6(14)11-5-2-1-3-10-4-5/h1-4H,(H2,9,13)(H,11,14). The number of hydrogen-bond donors (Lipinski definition) is 2. The van der Waals surface area contributed by atoms with Crippen LogP contribution in [-0.4, -0.2) is 21.1 Å². The van der Waals surface area contributed by atoms with Crippen molar-refractivity contribution in [2.24, 2.45) is 0 Å². The van der Waals surface area contributed by atoms with Crippen LogP contribution >= 0.6 is 0 Å². The van der Waals surface area contributed by atoms with E-state index < -0.39 is 5.91 Å². The Morgan fingerprint density at radius 2 is 2.33 bits per heavy atom. The molecule has 0 saturated carbocycles. The number of nitrogens with two attached hydrogens (primary N) is 1. The number of anilines is 2.